The van der Waals surface area contributed by atoms with Crippen LogP contribution in [0.1, 0.15) is 41.6 Å². The summed E-state index contributed by atoms with van der Waals surface area (Å²) in [6.07, 6.45) is 4.56. The fraction of sp³-hybridized carbons (Fsp3) is 0.611. The number of nitrogens with one attached hydrogen (secondary N) is 1. The Morgan fingerprint density at radius 2 is 1.67 bits per heavy atom. The molecule has 2 atom stereocenters. The number of fused-ring (bicyclic) bond motifs is 2. The molecule has 0 radical (unpaired) electrons. The number of benzene rings is 1. The van der Waals surface area contributed by atoms with Crippen LogP contribution in [0.5, 0.6) is 11.5 Å². The lowest BCUT2D eigenvalue weighted by Crippen LogP contribution is -2.48. The normalized spacial score (nSPS) is 24.9. The largest absolute Gasteiger partial charge is 0.493 e. The molecule has 2 bridgehead atoms. The predicted molar refractivity (Wildman–Crippen MR) is 96.6 cm³/mol. The lowest BCUT2D eigenvalue weighted by Gasteiger charge is -2.36. The van der Waals surface area contributed by atoms with Crippen LogP contribution in [0.25, 0.3) is 0 Å². The molecule has 2 fully saturated rings. The molecule has 6 heteroatoms. The van der Waals surface area contributed by atoms with Crippen LogP contribution in [0.15, 0.2) is 12.1 Å². The van der Waals surface area contributed by atoms with Gasteiger partial charge in [0.05, 0.1) is 14.2 Å². The van der Waals surface area contributed by atoms with Crippen molar-refractivity contribution >= 4 is 18.3 Å². The van der Waals surface area contributed by atoms with Gasteiger partial charge in [-0.25, -0.2) is 0 Å². The zero-order chi connectivity index (χ0) is 16.6. The second kappa shape index (κ2) is 7.62. The van der Waals surface area contributed by atoms with Gasteiger partial charge >= 0.3 is 0 Å². The van der Waals surface area contributed by atoms with Crippen LogP contribution in [0.2, 0.25) is 0 Å². The first-order valence-corrected chi connectivity index (χ1v) is 8.29. The zero-order valence-electron chi connectivity index (χ0n) is 14.8. The van der Waals surface area contributed by atoms with Crippen molar-refractivity contribution in [2.24, 2.45) is 0 Å². The first kappa shape index (κ1) is 18.9. The van der Waals surface area contributed by atoms with Gasteiger partial charge in [0.25, 0.3) is 5.91 Å². The summed E-state index contributed by atoms with van der Waals surface area (Å²) < 4.78 is 10.7. The first-order valence-electron chi connectivity index (χ1n) is 8.29. The van der Waals surface area contributed by atoms with E-state index in [2.05, 4.69) is 5.32 Å². The third-order valence-corrected chi connectivity index (χ3v) is 5.28. The van der Waals surface area contributed by atoms with Crippen LogP contribution in [-0.4, -0.2) is 50.2 Å². The van der Waals surface area contributed by atoms with Crippen LogP contribution in [0.4, 0.5) is 0 Å². The molecule has 2 unspecified atom stereocenters. The molecule has 24 heavy (non-hydrogen) atoms. The number of methoxy groups -OCH3 is 2. The topological polar surface area (TPSA) is 50.8 Å². The number of carbonyl (C=O) groups is 1. The molecule has 0 aromatic heterocycles. The third kappa shape index (κ3) is 3.47. The summed E-state index contributed by atoms with van der Waals surface area (Å²) in [7, 11) is 5.12. The second-order valence-electron chi connectivity index (χ2n) is 6.70. The average Bonchev–Trinajstić information content (AvgIpc) is 2.91. The van der Waals surface area contributed by atoms with Crippen LogP contribution < -0.4 is 14.8 Å². The van der Waals surface area contributed by atoms with Crippen molar-refractivity contribution in [1.29, 1.82) is 0 Å². The van der Waals surface area contributed by atoms with E-state index in [1.807, 2.05) is 24.9 Å². The molecular formula is C18H27ClN2O3. The Morgan fingerprint density at radius 1 is 1.12 bits per heavy atom. The highest BCUT2D eigenvalue weighted by Crippen LogP contribution is 2.33. The molecule has 0 spiro atoms. The highest BCUT2D eigenvalue weighted by molar-refractivity contribution is 5.96. The van der Waals surface area contributed by atoms with E-state index >= 15 is 0 Å². The number of amides is 1. The molecule has 134 valence electrons. The molecule has 2 saturated heterocycles. The Labute approximate surface area is 150 Å². The fourth-order valence-corrected chi connectivity index (χ4v) is 3.91. The van der Waals surface area contributed by atoms with Crippen molar-refractivity contribution in [1.82, 2.24) is 10.2 Å². The van der Waals surface area contributed by atoms with Crippen molar-refractivity contribution in [3.63, 3.8) is 0 Å². The molecule has 2 aliphatic rings. The van der Waals surface area contributed by atoms with Crippen molar-refractivity contribution in [3.05, 3.63) is 23.3 Å². The van der Waals surface area contributed by atoms with E-state index < -0.39 is 0 Å². The Balaban J connectivity index is 0.00000208. The van der Waals surface area contributed by atoms with Gasteiger partial charge in [-0.15, -0.1) is 12.4 Å². The summed E-state index contributed by atoms with van der Waals surface area (Å²) in [6, 6.07) is 5.11. The Hall–Kier alpha value is -1.46. The minimum Gasteiger partial charge on any atom is -0.493 e. The van der Waals surface area contributed by atoms with Crippen molar-refractivity contribution < 1.29 is 14.3 Å². The molecule has 1 aromatic carbocycles. The quantitative estimate of drug-likeness (QED) is 0.903. The summed E-state index contributed by atoms with van der Waals surface area (Å²) in [5, 5.41) is 3.62. The maximum atomic E-state index is 13.0. The van der Waals surface area contributed by atoms with E-state index in [0.29, 0.717) is 35.2 Å². The lowest BCUT2D eigenvalue weighted by atomic mass is 9.97. The molecular weight excluding hydrogens is 328 g/mol. The van der Waals surface area contributed by atoms with E-state index in [4.69, 9.17) is 9.47 Å². The maximum absolute atomic E-state index is 13.0. The zero-order valence-corrected chi connectivity index (χ0v) is 15.6. The Bertz CT molecular complexity index is 596. The van der Waals surface area contributed by atoms with Crippen molar-refractivity contribution in [2.75, 3.05) is 21.3 Å². The van der Waals surface area contributed by atoms with Crippen LogP contribution in [0, 0.1) is 6.92 Å². The molecule has 5 nitrogen and oxygen atoms in total. The number of hydrogen-bond acceptors (Lipinski definition) is 4. The van der Waals surface area contributed by atoms with Gasteiger partial charge in [0.2, 0.25) is 0 Å². The summed E-state index contributed by atoms with van der Waals surface area (Å²) in [4.78, 5) is 14.9. The number of ether oxygens (including phenoxy) is 2. The van der Waals surface area contributed by atoms with Gasteiger partial charge in [-0.05, 0) is 50.3 Å². The average molecular weight is 355 g/mol. The lowest BCUT2D eigenvalue weighted by molar-refractivity contribution is 0.0680. The monoisotopic (exact) mass is 354 g/mol. The molecule has 2 heterocycles. The molecule has 0 saturated carbocycles. The predicted octanol–water partition coefficient (Wildman–Crippen LogP) is 2.79. The van der Waals surface area contributed by atoms with Crippen molar-refractivity contribution in [3.8, 4) is 11.5 Å². The standard InChI is InChI=1S/C18H26N2O3.ClH/c1-11-7-16(22-3)17(23-4)10-15(11)18(21)20(2)14-8-12-5-6-13(9-14)19-12;/h7,10,12-14,19H,5-6,8-9H2,1-4H3;1H. The van der Waals surface area contributed by atoms with Crippen LogP contribution in [-0.2, 0) is 0 Å². The van der Waals surface area contributed by atoms with E-state index in [1.165, 1.54) is 12.8 Å². The van der Waals surface area contributed by atoms with Crippen molar-refractivity contribution in [2.45, 2.75) is 50.7 Å². The number of nitrogens with zero attached hydrogens (tertiary/aromatic N) is 1. The Kier molecular flexibility index (Phi) is 5.99. The van der Waals surface area contributed by atoms with E-state index in [-0.39, 0.29) is 18.3 Å². The number of carbonyl (C=O) groups excluding carboxylic acids is 1. The number of hydrogen-bond donors (Lipinski definition) is 1. The van der Waals surface area contributed by atoms with Gasteiger partial charge in [-0.3, -0.25) is 4.79 Å². The molecule has 2 aliphatic heterocycles. The summed E-state index contributed by atoms with van der Waals surface area (Å²) in [5.74, 6) is 1.32. The summed E-state index contributed by atoms with van der Waals surface area (Å²) >= 11 is 0. The number of aryl methyl sites for hydroxylation is 1. The second-order valence-corrected chi connectivity index (χ2v) is 6.70. The van der Waals surface area contributed by atoms with Gasteiger partial charge in [0.15, 0.2) is 11.5 Å². The van der Waals surface area contributed by atoms with E-state index in [0.717, 1.165) is 18.4 Å². The Morgan fingerprint density at radius 3 is 2.21 bits per heavy atom. The third-order valence-electron chi connectivity index (χ3n) is 5.28. The summed E-state index contributed by atoms with van der Waals surface area (Å²) in [6.45, 7) is 1.94. The SMILES string of the molecule is COc1cc(C)c(C(=O)N(C)C2CC3CCC(C2)N3)cc1OC.Cl. The minimum atomic E-state index is 0. The van der Waals surface area contributed by atoms with Crippen LogP contribution >= 0.6 is 12.4 Å². The molecule has 1 amide bonds. The van der Waals surface area contributed by atoms with Crippen LogP contribution in [0.3, 0.4) is 0 Å². The van der Waals surface area contributed by atoms with E-state index in [1.54, 1.807) is 20.3 Å². The van der Waals surface area contributed by atoms with Gasteiger partial charge < -0.3 is 19.7 Å². The van der Waals surface area contributed by atoms with Gasteiger partial charge in [0.1, 0.15) is 0 Å². The molecule has 0 aliphatic carbocycles. The molecule has 3 rings (SSSR count). The molecule has 1 N–H and O–H groups in total. The maximum Gasteiger partial charge on any atom is 0.254 e. The first-order chi connectivity index (χ1) is 11.0. The minimum absolute atomic E-state index is 0. The van der Waals surface area contributed by atoms with Gasteiger partial charge in [-0.1, -0.05) is 0 Å². The number of rotatable bonds is 4. The number of piperidine rings is 1. The summed E-state index contributed by atoms with van der Waals surface area (Å²) in [5.41, 5.74) is 1.60. The highest BCUT2D eigenvalue weighted by atomic mass is 35.5. The highest BCUT2D eigenvalue weighted by Gasteiger charge is 2.36. The van der Waals surface area contributed by atoms with Gasteiger partial charge in [-0.2, -0.15) is 0 Å². The van der Waals surface area contributed by atoms with Gasteiger partial charge in [0, 0.05) is 30.7 Å². The fourth-order valence-electron chi connectivity index (χ4n) is 3.91. The number of halogens is 1. The smallest absolute Gasteiger partial charge is 0.254 e. The molecule has 1 aromatic rings. The van der Waals surface area contributed by atoms with E-state index in [9.17, 15) is 4.79 Å².